The van der Waals surface area contributed by atoms with Crippen LogP contribution in [0.2, 0.25) is 0 Å². The lowest BCUT2D eigenvalue weighted by Crippen LogP contribution is -2.18. The maximum atomic E-state index is 5.44. The quantitative estimate of drug-likeness (QED) is 0.581. The Labute approximate surface area is 92.7 Å². The molecule has 0 heterocycles. The van der Waals surface area contributed by atoms with Gasteiger partial charge in [0.05, 0.1) is 0 Å². The van der Waals surface area contributed by atoms with Crippen LogP contribution in [0.3, 0.4) is 0 Å². The van der Waals surface area contributed by atoms with Crippen LogP contribution < -0.4 is 0 Å². The molecule has 0 aliphatic rings. The lowest BCUT2D eigenvalue weighted by Gasteiger charge is -2.20. The van der Waals surface area contributed by atoms with Gasteiger partial charge in [0.15, 0.2) is 0 Å². The molecule has 2 atom stereocenters. The molecule has 0 fully saturated rings. The highest BCUT2D eigenvalue weighted by atomic mass is 16.6. The lowest BCUT2D eigenvalue weighted by molar-refractivity contribution is 0.0310. The Morgan fingerprint density at radius 1 is 0.933 bits per heavy atom. The Morgan fingerprint density at radius 3 is 1.53 bits per heavy atom. The molecule has 0 aromatic rings. The third-order valence-corrected chi connectivity index (χ3v) is 2.00. The van der Waals surface area contributed by atoms with Crippen LogP contribution in [0.15, 0.2) is 24.7 Å². The van der Waals surface area contributed by atoms with Gasteiger partial charge in [-0.2, -0.15) is 0 Å². The predicted octanol–water partition coefficient (Wildman–Crippen LogP) is 2.88. The van der Waals surface area contributed by atoms with Crippen molar-refractivity contribution < 1.29 is 14.2 Å². The Balaban J connectivity index is 4.00. The van der Waals surface area contributed by atoms with Crippen molar-refractivity contribution >= 4 is 0 Å². The number of rotatable bonds is 8. The summed E-state index contributed by atoms with van der Waals surface area (Å²) in [4.78, 5) is 0. The van der Waals surface area contributed by atoms with Crippen molar-refractivity contribution in [1.82, 2.24) is 0 Å². The second kappa shape index (κ2) is 7.49. The molecule has 15 heavy (non-hydrogen) atoms. The third-order valence-electron chi connectivity index (χ3n) is 2.00. The minimum atomic E-state index is -0.124. The highest BCUT2D eigenvalue weighted by Gasteiger charge is 2.13. The molecule has 0 radical (unpaired) electrons. The minimum Gasteiger partial charge on any atom is -0.462 e. The van der Waals surface area contributed by atoms with E-state index < -0.39 is 0 Å². The highest BCUT2D eigenvalue weighted by molar-refractivity contribution is 5.00. The Morgan fingerprint density at radius 2 is 1.27 bits per heavy atom. The van der Waals surface area contributed by atoms with E-state index in [1.54, 1.807) is 0 Å². The average Bonchev–Trinajstić information content (AvgIpc) is 2.18. The summed E-state index contributed by atoms with van der Waals surface area (Å²) in [5.41, 5.74) is 0. The second-order valence-corrected chi connectivity index (χ2v) is 3.23. The molecule has 0 aliphatic carbocycles. The molecule has 0 saturated heterocycles. The van der Waals surface area contributed by atoms with Gasteiger partial charge in [0, 0.05) is 13.2 Å². The van der Waals surface area contributed by atoms with Crippen LogP contribution in [-0.4, -0.2) is 25.4 Å². The number of hydrogen-bond donors (Lipinski definition) is 0. The molecule has 0 aliphatic heterocycles. The van der Waals surface area contributed by atoms with E-state index in [2.05, 4.69) is 13.2 Å². The SMILES string of the molecule is C=C(OC(=C)C(C)OCC)C(C)OCC. The van der Waals surface area contributed by atoms with Crippen LogP contribution in [0.5, 0.6) is 0 Å². The molecule has 0 N–H and O–H groups in total. The van der Waals surface area contributed by atoms with Crippen LogP contribution in [0.4, 0.5) is 0 Å². The molecule has 0 saturated carbocycles. The van der Waals surface area contributed by atoms with Crippen molar-refractivity contribution in [1.29, 1.82) is 0 Å². The van der Waals surface area contributed by atoms with E-state index in [0.717, 1.165) is 0 Å². The summed E-state index contributed by atoms with van der Waals surface area (Å²) in [6, 6.07) is 0. The Kier molecular flexibility index (Phi) is 7.09. The van der Waals surface area contributed by atoms with Gasteiger partial charge < -0.3 is 14.2 Å². The Bertz CT molecular complexity index is 189. The van der Waals surface area contributed by atoms with Gasteiger partial charge in [0.25, 0.3) is 0 Å². The normalized spacial score (nSPS) is 14.4. The molecule has 0 bridgehead atoms. The third kappa shape index (κ3) is 5.60. The van der Waals surface area contributed by atoms with Crippen molar-refractivity contribution in [2.75, 3.05) is 13.2 Å². The zero-order valence-corrected chi connectivity index (χ0v) is 10.2. The fourth-order valence-electron chi connectivity index (χ4n) is 1.02. The molecular weight excluding hydrogens is 192 g/mol. The summed E-state index contributed by atoms with van der Waals surface area (Å²) in [5.74, 6) is 1.13. The van der Waals surface area contributed by atoms with Crippen molar-refractivity contribution in [2.45, 2.75) is 39.9 Å². The second-order valence-electron chi connectivity index (χ2n) is 3.23. The highest BCUT2D eigenvalue weighted by Crippen LogP contribution is 2.14. The van der Waals surface area contributed by atoms with E-state index in [0.29, 0.717) is 24.7 Å². The van der Waals surface area contributed by atoms with Crippen molar-refractivity contribution in [2.24, 2.45) is 0 Å². The van der Waals surface area contributed by atoms with Gasteiger partial charge >= 0.3 is 0 Å². The first-order valence-electron chi connectivity index (χ1n) is 5.31. The molecule has 3 nitrogen and oxygen atoms in total. The summed E-state index contributed by atoms with van der Waals surface area (Å²) in [6.45, 7) is 16.5. The molecule has 0 spiro atoms. The fraction of sp³-hybridized carbons (Fsp3) is 0.667. The summed E-state index contributed by atoms with van der Waals surface area (Å²) in [6.07, 6.45) is -0.249. The zero-order valence-electron chi connectivity index (χ0n) is 10.2. The zero-order chi connectivity index (χ0) is 11.8. The van der Waals surface area contributed by atoms with Crippen LogP contribution >= 0.6 is 0 Å². The van der Waals surface area contributed by atoms with Gasteiger partial charge in [0.2, 0.25) is 0 Å². The number of ether oxygens (including phenoxy) is 3. The molecule has 0 amide bonds. The fourth-order valence-corrected chi connectivity index (χ4v) is 1.02. The van der Waals surface area contributed by atoms with E-state index in [1.807, 2.05) is 27.7 Å². The van der Waals surface area contributed by atoms with Crippen molar-refractivity contribution in [3.8, 4) is 0 Å². The summed E-state index contributed by atoms with van der Waals surface area (Å²) in [5, 5.41) is 0. The summed E-state index contributed by atoms with van der Waals surface area (Å²) < 4.78 is 16.1. The predicted molar refractivity (Wildman–Crippen MR) is 61.5 cm³/mol. The number of hydrogen-bond acceptors (Lipinski definition) is 3. The molecule has 0 aromatic carbocycles. The van der Waals surface area contributed by atoms with Gasteiger partial charge in [-0.05, 0) is 27.7 Å². The summed E-state index contributed by atoms with van der Waals surface area (Å²) >= 11 is 0. The maximum absolute atomic E-state index is 5.44. The molecule has 88 valence electrons. The topological polar surface area (TPSA) is 27.7 Å². The standard InChI is InChI=1S/C12H22O3/c1-7-13-9(3)11(5)15-12(6)10(4)14-8-2/h9-10H,5-8H2,1-4H3. The lowest BCUT2D eigenvalue weighted by atomic mass is 10.3. The van der Waals surface area contributed by atoms with Crippen molar-refractivity contribution in [3.63, 3.8) is 0 Å². The minimum absolute atomic E-state index is 0.124. The molecule has 2 unspecified atom stereocenters. The van der Waals surface area contributed by atoms with Gasteiger partial charge in [-0.25, -0.2) is 0 Å². The van der Waals surface area contributed by atoms with Gasteiger partial charge in [0.1, 0.15) is 23.7 Å². The summed E-state index contributed by atoms with van der Waals surface area (Å²) in [7, 11) is 0. The molecule has 0 rings (SSSR count). The van der Waals surface area contributed by atoms with Crippen LogP contribution in [0.1, 0.15) is 27.7 Å². The van der Waals surface area contributed by atoms with E-state index >= 15 is 0 Å². The average molecular weight is 214 g/mol. The largest absolute Gasteiger partial charge is 0.462 e. The van der Waals surface area contributed by atoms with Crippen LogP contribution in [-0.2, 0) is 14.2 Å². The first-order valence-corrected chi connectivity index (χ1v) is 5.31. The van der Waals surface area contributed by atoms with E-state index in [1.165, 1.54) is 0 Å². The first kappa shape index (κ1) is 14.2. The first-order chi connectivity index (χ1) is 7.02. The maximum Gasteiger partial charge on any atom is 0.125 e. The van der Waals surface area contributed by atoms with Gasteiger partial charge in [-0.1, -0.05) is 13.2 Å². The van der Waals surface area contributed by atoms with E-state index in [-0.39, 0.29) is 12.2 Å². The van der Waals surface area contributed by atoms with Gasteiger partial charge in [-0.3, -0.25) is 0 Å². The monoisotopic (exact) mass is 214 g/mol. The molecule has 3 heteroatoms. The van der Waals surface area contributed by atoms with E-state index in [4.69, 9.17) is 14.2 Å². The van der Waals surface area contributed by atoms with Gasteiger partial charge in [-0.15, -0.1) is 0 Å². The van der Waals surface area contributed by atoms with Crippen molar-refractivity contribution in [3.05, 3.63) is 24.7 Å². The molecular formula is C12H22O3. The Hall–Kier alpha value is -0.800. The van der Waals surface area contributed by atoms with E-state index in [9.17, 15) is 0 Å². The van der Waals surface area contributed by atoms with Crippen LogP contribution in [0, 0.1) is 0 Å². The molecule has 0 aromatic heterocycles. The smallest absolute Gasteiger partial charge is 0.125 e. The van der Waals surface area contributed by atoms with Crippen LogP contribution in [0.25, 0.3) is 0 Å².